The Morgan fingerprint density at radius 1 is 1.08 bits per heavy atom. The maximum absolute atomic E-state index is 11.8. The fourth-order valence-electron chi connectivity index (χ4n) is 3.70. The zero-order valence-corrected chi connectivity index (χ0v) is 15.6. The van der Waals surface area contributed by atoms with Crippen molar-refractivity contribution in [1.29, 1.82) is 0 Å². The molecule has 0 aliphatic carbocycles. The van der Waals surface area contributed by atoms with Gasteiger partial charge in [0, 0.05) is 17.8 Å². The highest BCUT2D eigenvalue weighted by Crippen LogP contribution is 2.34. The van der Waals surface area contributed by atoms with Crippen LogP contribution < -0.4 is 5.32 Å². The lowest BCUT2D eigenvalue weighted by Gasteiger charge is -2.18. The van der Waals surface area contributed by atoms with Gasteiger partial charge in [-0.1, -0.05) is 29.8 Å². The van der Waals surface area contributed by atoms with Gasteiger partial charge in [-0.25, -0.2) is 4.79 Å². The summed E-state index contributed by atoms with van der Waals surface area (Å²) in [6.07, 6.45) is 0.673. The third kappa shape index (κ3) is 3.32. The highest BCUT2D eigenvalue weighted by Gasteiger charge is 2.21. The molecular formula is C22H25NO2. The molecule has 0 amide bonds. The molecular weight excluding hydrogens is 310 g/mol. The average molecular weight is 335 g/mol. The van der Waals surface area contributed by atoms with Crippen LogP contribution in [-0.4, -0.2) is 12.6 Å². The molecule has 25 heavy (non-hydrogen) atoms. The molecule has 1 aliphatic heterocycles. The van der Waals surface area contributed by atoms with Crippen molar-refractivity contribution >= 4 is 11.7 Å². The number of cyclic esters (lactones) is 1. The summed E-state index contributed by atoms with van der Waals surface area (Å²) in [4.78, 5) is 11.8. The lowest BCUT2D eigenvalue weighted by atomic mass is 9.90. The van der Waals surface area contributed by atoms with E-state index in [0.29, 0.717) is 13.0 Å². The van der Waals surface area contributed by atoms with Crippen molar-refractivity contribution in [2.45, 2.75) is 41.0 Å². The normalized spacial score (nSPS) is 16.0. The lowest BCUT2D eigenvalue weighted by Crippen LogP contribution is -2.06. The van der Waals surface area contributed by atoms with E-state index in [-0.39, 0.29) is 5.97 Å². The largest absolute Gasteiger partial charge is 0.462 e. The predicted octanol–water partition coefficient (Wildman–Crippen LogP) is 5.22. The summed E-state index contributed by atoms with van der Waals surface area (Å²) in [6.45, 7) is 11.0. The Morgan fingerprint density at radius 3 is 2.36 bits per heavy atom. The first kappa shape index (κ1) is 17.3. The van der Waals surface area contributed by atoms with Crippen LogP contribution in [0.5, 0.6) is 0 Å². The number of aryl methyl sites for hydroxylation is 3. The van der Waals surface area contributed by atoms with Gasteiger partial charge in [0.05, 0.1) is 12.2 Å². The molecule has 0 atom stereocenters. The Hall–Kier alpha value is -2.55. The Labute approximate surface area is 149 Å². The first-order chi connectivity index (χ1) is 11.9. The first-order valence-corrected chi connectivity index (χ1v) is 8.70. The molecule has 0 bridgehead atoms. The summed E-state index contributed by atoms with van der Waals surface area (Å²) in [5.41, 5.74) is 10.2. The van der Waals surface area contributed by atoms with Crippen LogP contribution in [0.15, 0.2) is 41.6 Å². The standard InChI is InChI=1S/C22H25NO2/c1-13-11-14(2)21(15(3)12-13)18-7-6-8-20(16(18)4)23-17(5)19-9-10-25-22(19)24/h6-8,11-12,23H,9-10H2,1-5H3. The third-order valence-electron chi connectivity index (χ3n) is 4.89. The summed E-state index contributed by atoms with van der Waals surface area (Å²) in [5.74, 6) is -0.205. The van der Waals surface area contributed by atoms with Gasteiger partial charge in [0.25, 0.3) is 0 Å². The van der Waals surface area contributed by atoms with Gasteiger partial charge >= 0.3 is 5.97 Å². The number of ether oxygens (including phenoxy) is 1. The van der Waals surface area contributed by atoms with Gasteiger partial charge in [0.15, 0.2) is 0 Å². The zero-order chi connectivity index (χ0) is 18.1. The summed E-state index contributed by atoms with van der Waals surface area (Å²) >= 11 is 0. The van der Waals surface area contributed by atoms with E-state index < -0.39 is 0 Å². The highest BCUT2D eigenvalue weighted by atomic mass is 16.5. The van der Waals surface area contributed by atoms with E-state index in [2.05, 4.69) is 63.3 Å². The Morgan fingerprint density at radius 2 is 1.76 bits per heavy atom. The van der Waals surface area contributed by atoms with Gasteiger partial charge < -0.3 is 10.1 Å². The van der Waals surface area contributed by atoms with E-state index in [4.69, 9.17) is 4.74 Å². The van der Waals surface area contributed by atoms with Crippen molar-refractivity contribution in [3.8, 4) is 11.1 Å². The molecule has 1 N–H and O–H groups in total. The van der Waals surface area contributed by atoms with Gasteiger partial charge in [-0.2, -0.15) is 0 Å². The number of carbonyl (C=O) groups is 1. The van der Waals surface area contributed by atoms with Crippen LogP contribution in [-0.2, 0) is 9.53 Å². The molecule has 0 saturated carbocycles. The molecule has 3 heteroatoms. The number of anilines is 1. The van der Waals surface area contributed by atoms with Crippen molar-refractivity contribution in [2.24, 2.45) is 0 Å². The highest BCUT2D eigenvalue weighted by molar-refractivity contribution is 5.92. The van der Waals surface area contributed by atoms with Crippen molar-refractivity contribution in [2.75, 3.05) is 11.9 Å². The maximum Gasteiger partial charge on any atom is 0.335 e. The molecule has 3 nitrogen and oxygen atoms in total. The smallest absolute Gasteiger partial charge is 0.335 e. The number of hydrogen-bond acceptors (Lipinski definition) is 3. The molecule has 0 unspecified atom stereocenters. The number of allylic oxidation sites excluding steroid dienone is 1. The van der Waals surface area contributed by atoms with E-state index in [1.807, 2.05) is 6.92 Å². The van der Waals surface area contributed by atoms with Gasteiger partial charge in [-0.3, -0.25) is 0 Å². The topological polar surface area (TPSA) is 38.3 Å². The van der Waals surface area contributed by atoms with Crippen LogP contribution in [0.1, 0.15) is 35.6 Å². The Balaban J connectivity index is 2.03. The molecule has 2 aromatic rings. The number of carbonyl (C=O) groups excluding carboxylic acids is 1. The van der Waals surface area contributed by atoms with E-state index in [9.17, 15) is 4.79 Å². The third-order valence-corrected chi connectivity index (χ3v) is 4.89. The second kappa shape index (κ2) is 6.75. The average Bonchev–Trinajstić information content (AvgIpc) is 2.96. The number of esters is 1. The van der Waals surface area contributed by atoms with Gasteiger partial charge in [0.1, 0.15) is 0 Å². The number of nitrogens with one attached hydrogen (secondary N) is 1. The lowest BCUT2D eigenvalue weighted by molar-refractivity contribution is -0.135. The van der Waals surface area contributed by atoms with Crippen molar-refractivity contribution in [3.05, 3.63) is 63.9 Å². The van der Waals surface area contributed by atoms with Crippen LogP contribution in [0.3, 0.4) is 0 Å². The van der Waals surface area contributed by atoms with Crippen molar-refractivity contribution < 1.29 is 9.53 Å². The molecule has 130 valence electrons. The van der Waals surface area contributed by atoms with Crippen LogP contribution >= 0.6 is 0 Å². The van der Waals surface area contributed by atoms with E-state index in [0.717, 1.165) is 17.0 Å². The summed E-state index contributed by atoms with van der Waals surface area (Å²) in [6, 6.07) is 10.7. The summed E-state index contributed by atoms with van der Waals surface area (Å²) in [7, 11) is 0. The molecule has 1 fully saturated rings. The molecule has 1 aliphatic rings. The predicted molar refractivity (Wildman–Crippen MR) is 103 cm³/mol. The van der Waals surface area contributed by atoms with E-state index >= 15 is 0 Å². The number of benzene rings is 2. The first-order valence-electron chi connectivity index (χ1n) is 8.70. The molecule has 3 rings (SSSR count). The fraction of sp³-hybridized carbons (Fsp3) is 0.318. The second-order valence-electron chi connectivity index (χ2n) is 6.87. The quantitative estimate of drug-likeness (QED) is 0.617. The van der Waals surface area contributed by atoms with Gasteiger partial charge in [0.2, 0.25) is 0 Å². The molecule has 0 aromatic heterocycles. The summed E-state index contributed by atoms with van der Waals surface area (Å²) in [5, 5.41) is 3.42. The molecule has 1 heterocycles. The minimum absolute atomic E-state index is 0.205. The summed E-state index contributed by atoms with van der Waals surface area (Å²) < 4.78 is 5.05. The second-order valence-corrected chi connectivity index (χ2v) is 6.87. The number of hydrogen-bond donors (Lipinski definition) is 1. The zero-order valence-electron chi connectivity index (χ0n) is 15.6. The molecule has 1 saturated heterocycles. The van der Waals surface area contributed by atoms with Crippen molar-refractivity contribution in [3.63, 3.8) is 0 Å². The number of rotatable bonds is 3. The van der Waals surface area contributed by atoms with Crippen molar-refractivity contribution in [1.82, 2.24) is 0 Å². The van der Waals surface area contributed by atoms with Crippen LogP contribution in [0.4, 0.5) is 5.69 Å². The van der Waals surface area contributed by atoms with E-state index in [1.54, 1.807) is 0 Å². The maximum atomic E-state index is 11.8. The van der Waals surface area contributed by atoms with E-state index in [1.165, 1.54) is 33.4 Å². The fourth-order valence-corrected chi connectivity index (χ4v) is 3.70. The monoisotopic (exact) mass is 335 g/mol. The molecule has 0 radical (unpaired) electrons. The Bertz CT molecular complexity index is 855. The van der Waals surface area contributed by atoms with Crippen LogP contribution in [0.25, 0.3) is 11.1 Å². The minimum atomic E-state index is -0.205. The molecule has 0 spiro atoms. The SMILES string of the molecule is CC(Nc1cccc(-c2c(C)cc(C)cc2C)c1C)=C1CCOC1=O. The Kier molecular flexibility index (Phi) is 4.67. The molecule has 2 aromatic carbocycles. The van der Waals surface area contributed by atoms with Gasteiger partial charge in [-0.05, 0) is 68.5 Å². The van der Waals surface area contributed by atoms with Gasteiger partial charge in [-0.15, -0.1) is 0 Å². The van der Waals surface area contributed by atoms with Crippen LogP contribution in [0.2, 0.25) is 0 Å². The minimum Gasteiger partial charge on any atom is -0.462 e. The van der Waals surface area contributed by atoms with Crippen LogP contribution in [0, 0.1) is 27.7 Å².